The number of hydrogen-bond acceptors (Lipinski definition) is 5. The molecule has 3 aromatic rings. The van der Waals surface area contributed by atoms with Gasteiger partial charge in [0.1, 0.15) is 12.6 Å². The summed E-state index contributed by atoms with van der Waals surface area (Å²) in [7, 11) is 1.28. The van der Waals surface area contributed by atoms with E-state index >= 15 is 0 Å². The minimum atomic E-state index is -0.903. The molecule has 7 nitrogen and oxygen atoms in total. The Morgan fingerprint density at radius 1 is 1.07 bits per heavy atom. The third-order valence-electron chi connectivity index (χ3n) is 4.74. The number of aromatic nitrogens is 2. The molecular formula is C23H25N3O4. The van der Waals surface area contributed by atoms with Crippen LogP contribution in [0.2, 0.25) is 0 Å². The minimum absolute atomic E-state index is 0.113. The fraction of sp³-hybridized carbons (Fsp3) is 0.261. The van der Waals surface area contributed by atoms with Crippen LogP contribution in [0.4, 0.5) is 4.79 Å². The number of hydrogen-bond donors (Lipinski definition) is 1. The SMILES string of the molecule is COC(=O)[C@H](Cc1cn(-c2c(C)cccc2C)cn1)NC(=O)OCc1ccccc1. The van der Waals surface area contributed by atoms with Crippen molar-refractivity contribution in [2.24, 2.45) is 0 Å². The first-order valence-electron chi connectivity index (χ1n) is 9.62. The summed E-state index contributed by atoms with van der Waals surface area (Å²) in [4.78, 5) is 28.8. The summed E-state index contributed by atoms with van der Waals surface area (Å²) < 4.78 is 12.0. The molecule has 2 aromatic carbocycles. The first-order chi connectivity index (χ1) is 14.5. The standard InChI is InChI=1S/C23H25N3O4/c1-16-8-7-9-17(2)21(16)26-13-19(24-15-26)12-20(22(27)29-3)25-23(28)30-14-18-10-5-4-6-11-18/h4-11,13,15,20H,12,14H2,1-3H3,(H,25,28)/t20-/m0/s1. The highest BCUT2D eigenvalue weighted by atomic mass is 16.6. The van der Waals surface area contributed by atoms with Crippen LogP contribution in [-0.2, 0) is 27.3 Å². The predicted molar refractivity (Wildman–Crippen MR) is 112 cm³/mol. The quantitative estimate of drug-likeness (QED) is 0.606. The van der Waals surface area contributed by atoms with Crippen molar-refractivity contribution in [3.8, 4) is 5.69 Å². The average molecular weight is 407 g/mol. The molecule has 30 heavy (non-hydrogen) atoms. The van der Waals surface area contributed by atoms with Crippen LogP contribution >= 0.6 is 0 Å². The van der Waals surface area contributed by atoms with Crippen molar-refractivity contribution in [3.05, 3.63) is 83.4 Å². The average Bonchev–Trinajstić information content (AvgIpc) is 3.20. The summed E-state index contributed by atoms with van der Waals surface area (Å²) >= 11 is 0. The van der Waals surface area contributed by atoms with Gasteiger partial charge in [-0.2, -0.15) is 0 Å². The maximum Gasteiger partial charge on any atom is 0.408 e. The van der Waals surface area contributed by atoms with E-state index in [0.717, 1.165) is 22.4 Å². The molecule has 0 aliphatic heterocycles. The second-order valence-corrected chi connectivity index (χ2v) is 7.00. The van der Waals surface area contributed by atoms with Crippen LogP contribution in [0, 0.1) is 13.8 Å². The lowest BCUT2D eigenvalue weighted by atomic mass is 10.1. The molecule has 0 saturated heterocycles. The highest BCUT2D eigenvalue weighted by molar-refractivity contribution is 5.81. The van der Waals surface area contributed by atoms with Gasteiger partial charge in [-0.15, -0.1) is 0 Å². The van der Waals surface area contributed by atoms with Gasteiger partial charge in [-0.05, 0) is 30.5 Å². The first kappa shape index (κ1) is 21.1. The van der Waals surface area contributed by atoms with Gasteiger partial charge in [-0.3, -0.25) is 0 Å². The van der Waals surface area contributed by atoms with E-state index in [2.05, 4.69) is 10.3 Å². The molecule has 1 N–H and O–H groups in total. The number of nitrogens with zero attached hydrogens (tertiary/aromatic N) is 2. The molecule has 0 radical (unpaired) electrons. The van der Waals surface area contributed by atoms with Gasteiger partial charge < -0.3 is 19.4 Å². The molecule has 1 amide bonds. The second kappa shape index (κ2) is 9.73. The third-order valence-corrected chi connectivity index (χ3v) is 4.74. The highest BCUT2D eigenvalue weighted by Gasteiger charge is 2.24. The van der Waals surface area contributed by atoms with Crippen molar-refractivity contribution in [1.82, 2.24) is 14.9 Å². The van der Waals surface area contributed by atoms with Crippen molar-refractivity contribution in [2.75, 3.05) is 7.11 Å². The molecule has 0 spiro atoms. The smallest absolute Gasteiger partial charge is 0.408 e. The molecule has 0 unspecified atom stereocenters. The maximum atomic E-state index is 12.2. The van der Waals surface area contributed by atoms with Crippen molar-refractivity contribution >= 4 is 12.1 Å². The Kier molecular flexibility index (Phi) is 6.85. The van der Waals surface area contributed by atoms with Gasteiger partial charge in [0.25, 0.3) is 0 Å². The molecule has 1 atom stereocenters. The van der Waals surface area contributed by atoms with E-state index < -0.39 is 18.1 Å². The number of amides is 1. The minimum Gasteiger partial charge on any atom is -0.467 e. The summed E-state index contributed by atoms with van der Waals surface area (Å²) in [5, 5.41) is 2.57. The van der Waals surface area contributed by atoms with E-state index in [0.29, 0.717) is 5.69 Å². The number of benzene rings is 2. The number of carbonyl (C=O) groups is 2. The van der Waals surface area contributed by atoms with Gasteiger partial charge in [0.05, 0.1) is 24.8 Å². The summed E-state index contributed by atoms with van der Waals surface area (Å²) in [6.45, 7) is 4.18. The molecule has 0 bridgehead atoms. The fourth-order valence-electron chi connectivity index (χ4n) is 3.26. The predicted octanol–water partition coefficient (Wildman–Crippen LogP) is 3.50. The van der Waals surface area contributed by atoms with E-state index in [1.54, 1.807) is 6.33 Å². The zero-order chi connectivity index (χ0) is 21.5. The van der Waals surface area contributed by atoms with E-state index in [1.807, 2.05) is 73.1 Å². The Labute approximate surface area is 175 Å². The van der Waals surface area contributed by atoms with E-state index in [1.165, 1.54) is 7.11 Å². The topological polar surface area (TPSA) is 82.5 Å². The summed E-state index contributed by atoms with van der Waals surface area (Å²) in [5.74, 6) is -0.562. The largest absolute Gasteiger partial charge is 0.467 e. The number of ether oxygens (including phenoxy) is 2. The fourth-order valence-corrected chi connectivity index (χ4v) is 3.26. The third kappa shape index (κ3) is 5.26. The first-order valence-corrected chi connectivity index (χ1v) is 9.62. The van der Waals surface area contributed by atoms with Crippen LogP contribution in [0.1, 0.15) is 22.4 Å². The molecular weight excluding hydrogens is 382 g/mol. The van der Waals surface area contributed by atoms with Crippen molar-refractivity contribution in [2.45, 2.75) is 32.9 Å². The Balaban J connectivity index is 1.67. The van der Waals surface area contributed by atoms with Crippen LogP contribution in [0.25, 0.3) is 5.69 Å². The van der Waals surface area contributed by atoms with Gasteiger partial charge in [0.2, 0.25) is 0 Å². The molecule has 0 aliphatic carbocycles. The van der Waals surface area contributed by atoms with Crippen molar-refractivity contribution in [1.29, 1.82) is 0 Å². The van der Waals surface area contributed by atoms with Gasteiger partial charge in [-0.1, -0.05) is 48.5 Å². The normalized spacial score (nSPS) is 11.6. The summed E-state index contributed by atoms with van der Waals surface area (Å²) in [5.41, 5.74) is 4.78. The Hall–Kier alpha value is -3.61. The maximum absolute atomic E-state index is 12.2. The molecule has 7 heteroatoms. The van der Waals surface area contributed by atoms with Crippen molar-refractivity contribution < 1.29 is 19.1 Å². The molecule has 3 rings (SSSR count). The van der Waals surface area contributed by atoms with Crippen molar-refractivity contribution in [3.63, 3.8) is 0 Å². The Morgan fingerprint density at radius 3 is 2.43 bits per heavy atom. The molecule has 0 fully saturated rings. The lowest BCUT2D eigenvalue weighted by Crippen LogP contribution is -2.43. The van der Waals surface area contributed by atoms with Gasteiger partial charge in [0.15, 0.2) is 0 Å². The zero-order valence-electron chi connectivity index (χ0n) is 17.3. The number of aryl methyl sites for hydroxylation is 2. The number of nitrogens with one attached hydrogen (secondary N) is 1. The van der Waals surface area contributed by atoms with E-state index in [-0.39, 0.29) is 13.0 Å². The second-order valence-electron chi connectivity index (χ2n) is 7.00. The zero-order valence-corrected chi connectivity index (χ0v) is 17.3. The van der Waals surface area contributed by atoms with Crippen LogP contribution in [0.15, 0.2) is 61.1 Å². The molecule has 1 heterocycles. The van der Waals surface area contributed by atoms with E-state index in [4.69, 9.17) is 9.47 Å². The lowest BCUT2D eigenvalue weighted by Gasteiger charge is -2.15. The summed E-state index contributed by atoms with van der Waals surface area (Å²) in [6, 6.07) is 14.5. The van der Waals surface area contributed by atoms with Gasteiger partial charge in [0, 0.05) is 12.6 Å². The Bertz CT molecular complexity index is 994. The molecule has 0 saturated carbocycles. The van der Waals surface area contributed by atoms with Gasteiger partial charge in [-0.25, -0.2) is 14.6 Å². The number of carbonyl (C=O) groups excluding carboxylic acids is 2. The number of esters is 1. The van der Waals surface area contributed by atoms with Crippen LogP contribution < -0.4 is 5.32 Å². The molecule has 156 valence electrons. The van der Waals surface area contributed by atoms with Crippen LogP contribution in [0.5, 0.6) is 0 Å². The number of rotatable bonds is 7. The highest BCUT2D eigenvalue weighted by Crippen LogP contribution is 2.19. The van der Waals surface area contributed by atoms with E-state index in [9.17, 15) is 9.59 Å². The Morgan fingerprint density at radius 2 is 1.77 bits per heavy atom. The number of imidazole rings is 1. The number of alkyl carbamates (subject to hydrolysis) is 1. The molecule has 0 aliphatic rings. The van der Waals surface area contributed by atoms with Crippen LogP contribution in [-0.4, -0.2) is 34.8 Å². The monoisotopic (exact) mass is 407 g/mol. The number of methoxy groups -OCH3 is 1. The number of para-hydroxylation sites is 1. The lowest BCUT2D eigenvalue weighted by molar-refractivity contribution is -0.143. The molecule has 1 aromatic heterocycles. The summed E-state index contributed by atoms with van der Waals surface area (Å²) in [6.07, 6.45) is 3.04. The van der Waals surface area contributed by atoms with Crippen LogP contribution in [0.3, 0.4) is 0 Å². The van der Waals surface area contributed by atoms with Gasteiger partial charge >= 0.3 is 12.1 Å².